The molecule has 0 spiro atoms. The lowest BCUT2D eigenvalue weighted by molar-refractivity contribution is 0.402. The molecule has 0 unspecified atom stereocenters. The lowest BCUT2D eigenvalue weighted by atomic mass is 10.1. The average Bonchev–Trinajstić information content (AvgIpc) is 3.12. The molecule has 6 nitrogen and oxygen atoms in total. The first-order valence-electron chi connectivity index (χ1n) is 6.97. The Morgan fingerprint density at radius 3 is 2.60 bits per heavy atom. The summed E-state index contributed by atoms with van der Waals surface area (Å²) in [5.74, 6) is -1.24. The van der Waals surface area contributed by atoms with Crippen LogP contribution in [-0.4, -0.2) is 20.7 Å². The van der Waals surface area contributed by atoms with E-state index in [0.29, 0.717) is 11.3 Å². The van der Waals surface area contributed by atoms with E-state index in [2.05, 4.69) is 5.16 Å². The van der Waals surface area contributed by atoms with Crippen molar-refractivity contribution >= 4 is 15.7 Å². The molecular formula is C16H12F2N2O4S. The van der Waals surface area contributed by atoms with Crippen LogP contribution < -0.4 is 9.46 Å². The van der Waals surface area contributed by atoms with Crippen LogP contribution >= 0.6 is 0 Å². The number of halogens is 2. The van der Waals surface area contributed by atoms with Crippen LogP contribution in [0.2, 0.25) is 0 Å². The van der Waals surface area contributed by atoms with E-state index >= 15 is 0 Å². The molecule has 0 aliphatic heterocycles. The van der Waals surface area contributed by atoms with Crippen molar-refractivity contribution in [3.63, 3.8) is 0 Å². The van der Waals surface area contributed by atoms with Gasteiger partial charge < -0.3 is 9.26 Å². The maximum atomic E-state index is 13.7. The Kier molecular flexibility index (Phi) is 4.41. The second-order valence-electron chi connectivity index (χ2n) is 4.97. The third-order valence-electron chi connectivity index (χ3n) is 3.35. The number of aromatic nitrogens is 1. The lowest BCUT2D eigenvalue weighted by Gasteiger charge is -2.13. The van der Waals surface area contributed by atoms with Gasteiger partial charge >= 0.3 is 0 Å². The molecule has 0 atom stereocenters. The van der Waals surface area contributed by atoms with E-state index in [0.717, 1.165) is 18.2 Å². The molecule has 3 aromatic rings. The average molecular weight is 366 g/mol. The molecular weight excluding hydrogens is 354 g/mol. The molecule has 0 radical (unpaired) electrons. The second-order valence-corrected chi connectivity index (χ2v) is 6.62. The molecule has 0 amide bonds. The van der Waals surface area contributed by atoms with Crippen molar-refractivity contribution in [2.24, 2.45) is 0 Å². The first kappa shape index (κ1) is 16.9. The number of nitrogens with zero attached hydrogens (tertiary/aromatic N) is 1. The van der Waals surface area contributed by atoms with Gasteiger partial charge in [-0.05, 0) is 30.3 Å². The summed E-state index contributed by atoms with van der Waals surface area (Å²) in [5, 5.41) is 3.58. The van der Waals surface area contributed by atoms with Crippen molar-refractivity contribution in [3.05, 3.63) is 60.3 Å². The number of hydrogen-bond acceptors (Lipinski definition) is 5. The van der Waals surface area contributed by atoms with E-state index < -0.39 is 27.3 Å². The highest BCUT2D eigenvalue weighted by atomic mass is 32.2. The fourth-order valence-corrected chi connectivity index (χ4v) is 3.39. The Bertz CT molecular complexity index is 1000. The molecule has 9 heteroatoms. The normalized spacial score (nSPS) is 11.3. The SMILES string of the molecule is COc1cc(-c2ccno2)ccc1S(=O)(=O)Nc1cc(F)ccc1F. The Morgan fingerprint density at radius 1 is 1.12 bits per heavy atom. The number of nitrogens with one attached hydrogen (secondary N) is 1. The number of hydrogen-bond donors (Lipinski definition) is 1. The molecule has 0 saturated carbocycles. The van der Waals surface area contributed by atoms with Crippen molar-refractivity contribution in [2.75, 3.05) is 11.8 Å². The van der Waals surface area contributed by atoms with Gasteiger partial charge in [0.2, 0.25) is 0 Å². The summed E-state index contributed by atoms with van der Waals surface area (Å²) in [4.78, 5) is -0.234. The van der Waals surface area contributed by atoms with E-state index in [1.54, 1.807) is 6.07 Å². The Balaban J connectivity index is 2.00. The minimum Gasteiger partial charge on any atom is -0.495 e. The van der Waals surface area contributed by atoms with Crippen molar-refractivity contribution in [3.8, 4) is 17.1 Å². The summed E-state index contributed by atoms with van der Waals surface area (Å²) >= 11 is 0. The molecule has 0 aliphatic carbocycles. The summed E-state index contributed by atoms with van der Waals surface area (Å²) in [6.07, 6.45) is 1.45. The molecule has 1 aromatic heterocycles. The van der Waals surface area contributed by atoms with Crippen LogP contribution in [0.5, 0.6) is 5.75 Å². The predicted octanol–water partition coefficient (Wildman–Crippen LogP) is 3.43. The van der Waals surface area contributed by atoms with Crippen molar-refractivity contribution in [1.82, 2.24) is 5.16 Å². The van der Waals surface area contributed by atoms with Gasteiger partial charge in [-0.3, -0.25) is 4.72 Å². The third-order valence-corrected chi connectivity index (χ3v) is 4.75. The zero-order valence-electron chi connectivity index (χ0n) is 12.9. The first-order valence-corrected chi connectivity index (χ1v) is 8.46. The maximum Gasteiger partial charge on any atom is 0.265 e. The van der Waals surface area contributed by atoms with Gasteiger partial charge in [-0.2, -0.15) is 0 Å². The van der Waals surface area contributed by atoms with E-state index in [-0.39, 0.29) is 10.6 Å². The number of anilines is 1. The summed E-state index contributed by atoms with van der Waals surface area (Å²) < 4.78 is 64.1. The summed E-state index contributed by atoms with van der Waals surface area (Å²) in [6, 6.07) is 8.27. The summed E-state index contributed by atoms with van der Waals surface area (Å²) in [7, 11) is -2.92. The maximum absolute atomic E-state index is 13.7. The number of benzene rings is 2. The zero-order valence-corrected chi connectivity index (χ0v) is 13.7. The quantitative estimate of drug-likeness (QED) is 0.748. The Labute approximate surface area is 142 Å². The smallest absolute Gasteiger partial charge is 0.265 e. The van der Waals surface area contributed by atoms with Crippen LogP contribution in [0.4, 0.5) is 14.5 Å². The van der Waals surface area contributed by atoms with Gasteiger partial charge in [0.15, 0.2) is 5.76 Å². The molecule has 1 N–H and O–H groups in total. The molecule has 3 rings (SSSR count). The van der Waals surface area contributed by atoms with E-state index in [4.69, 9.17) is 9.26 Å². The topological polar surface area (TPSA) is 81.4 Å². The molecule has 0 saturated heterocycles. The molecule has 25 heavy (non-hydrogen) atoms. The van der Waals surface area contributed by atoms with Gasteiger partial charge in [-0.1, -0.05) is 5.16 Å². The minimum atomic E-state index is -4.21. The highest BCUT2D eigenvalue weighted by Gasteiger charge is 2.22. The van der Waals surface area contributed by atoms with Crippen LogP contribution in [-0.2, 0) is 10.0 Å². The summed E-state index contributed by atoms with van der Waals surface area (Å²) in [5.41, 5.74) is 0.0478. The van der Waals surface area contributed by atoms with Gasteiger partial charge in [-0.25, -0.2) is 17.2 Å². The molecule has 0 fully saturated rings. The third kappa shape index (κ3) is 3.45. The van der Waals surface area contributed by atoms with Gasteiger partial charge in [0.1, 0.15) is 22.3 Å². The lowest BCUT2D eigenvalue weighted by Crippen LogP contribution is -2.15. The van der Waals surface area contributed by atoms with Crippen LogP contribution in [0, 0.1) is 11.6 Å². The van der Waals surface area contributed by atoms with Crippen LogP contribution in [0.1, 0.15) is 0 Å². The molecule has 0 aliphatic rings. The number of methoxy groups -OCH3 is 1. The fourth-order valence-electron chi connectivity index (χ4n) is 2.18. The van der Waals surface area contributed by atoms with Crippen LogP contribution in [0.3, 0.4) is 0 Å². The van der Waals surface area contributed by atoms with E-state index in [1.807, 2.05) is 4.72 Å². The highest BCUT2D eigenvalue weighted by molar-refractivity contribution is 7.92. The molecule has 1 heterocycles. The van der Waals surface area contributed by atoms with Gasteiger partial charge in [-0.15, -0.1) is 0 Å². The number of sulfonamides is 1. The predicted molar refractivity (Wildman–Crippen MR) is 85.7 cm³/mol. The monoisotopic (exact) mass is 366 g/mol. The minimum absolute atomic E-state index is 0.0122. The van der Waals surface area contributed by atoms with Crippen molar-refractivity contribution in [1.29, 1.82) is 0 Å². The Hall–Kier alpha value is -2.94. The summed E-state index contributed by atoms with van der Waals surface area (Å²) in [6.45, 7) is 0. The van der Waals surface area contributed by atoms with E-state index in [1.165, 1.54) is 31.5 Å². The molecule has 130 valence electrons. The van der Waals surface area contributed by atoms with Gasteiger partial charge in [0.25, 0.3) is 10.0 Å². The standard InChI is InChI=1S/C16H12F2N2O4S/c1-23-15-8-10(14-6-7-19-24-14)2-5-16(15)25(21,22)20-13-9-11(17)3-4-12(13)18/h2-9,20H,1H3. The number of rotatable bonds is 5. The molecule has 2 aromatic carbocycles. The number of ether oxygens (including phenoxy) is 1. The highest BCUT2D eigenvalue weighted by Crippen LogP contribution is 2.31. The van der Waals surface area contributed by atoms with Gasteiger partial charge in [0, 0.05) is 17.7 Å². The largest absolute Gasteiger partial charge is 0.495 e. The van der Waals surface area contributed by atoms with E-state index in [9.17, 15) is 17.2 Å². The molecule has 0 bridgehead atoms. The second kappa shape index (κ2) is 6.52. The first-order chi connectivity index (χ1) is 11.9. The van der Waals surface area contributed by atoms with Crippen LogP contribution in [0.15, 0.2) is 58.1 Å². The fraction of sp³-hybridized carbons (Fsp3) is 0.0625. The zero-order chi connectivity index (χ0) is 18.0. The van der Waals surface area contributed by atoms with Gasteiger partial charge in [0.05, 0.1) is 19.0 Å². The Morgan fingerprint density at radius 2 is 1.92 bits per heavy atom. The van der Waals surface area contributed by atoms with Crippen molar-refractivity contribution < 1.29 is 26.5 Å². The van der Waals surface area contributed by atoms with Crippen LogP contribution in [0.25, 0.3) is 11.3 Å². The van der Waals surface area contributed by atoms with Crippen molar-refractivity contribution in [2.45, 2.75) is 4.90 Å².